The van der Waals surface area contributed by atoms with Crippen molar-refractivity contribution in [3.63, 3.8) is 0 Å². The molecule has 4 nitrogen and oxygen atoms in total. The highest BCUT2D eigenvalue weighted by Gasteiger charge is 2.39. The topological polar surface area (TPSA) is 57.4 Å². The van der Waals surface area contributed by atoms with Crippen LogP contribution in [-0.2, 0) is 16.9 Å². The summed E-state index contributed by atoms with van der Waals surface area (Å²) in [6, 6.07) is 11.0. The normalized spacial score (nSPS) is 13.4. The van der Waals surface area contributed by atoms with E-state index in [1.165, 1.54) is 24.5 Å². The van der Waals surface area contributed by atoms with Gasteiger partial charge in [-0.15, -0.1) is 30.2 Å². The summed E-state index contributed by atoms with van der Waals surface area (Å²) in [7, 11) is 1.54. The van der Waals surface area contributed by atoms with Gasteiger partial charge in [0.1, 0.15) is 22.1 Å². The first-order chi connectivity index (χ1) is 16.3. The summed E-state index contributed by atoms with van der Waals surface area (Å²) in [4.78, 5) is 5.88. The second kappa shape index (κ2) is 12.7. The zero-order valence-electron chi connectivity index (χ0n) is 20.4. The maximum atomic E-state index is 14.8. The van der Waals surface area contributed by atoms with Crippen LogP contribution in [0.2, 0.25) is 0 Å². The Morgan fingerprint density at radius 3 is 2.60 bits per heavy atom. The third-order valence-corrected chi connectivity index (χ3v) is 7.13. The quantitative estimate of drug-likeness (QED) is 0.222. The highest BCUT2D eigenvalue weighted by Crippen LogP contribution is 2.43. The van der Waals surface area contributed by atoms with Crippen molar-refractivity contribution < 1.29 is 13.9 Å². The Labute approximate surface area is 222 Å². The van der Waals surface area contributed by atoms with Crippen molar-refractivity contribution in [2.75, 3.05) is 13.2 Å². The van der Waals surface area contributed by atoms with Crippen molar-refractivity contribution in [1.82, 2.24) is 4.98 Å². The molecule has 0 aliphatic carbocycles. The number of nitrogens with two attached hydrogens (primary N) is 1. The minimum absolute atomic E-state index is 0. The van der Waals surface area contributed by atoms with Gasteiger partial charge < -0.3 is 15.2 Å². The van der Waals surface area contributed by atoms with Gasteiger partial charge in [-0.05, 0) is 44.0 Å². The van der Waals surface area contributed by atoms with Crippen LogP contribution >= 0.6 is 35.3 Å². The van der Waals surface area contributed by atoms with Crippen LogP contribution in [0.4, 0.5) is 4.39 Å². The first kappa shape index (κ1) is 29.1. The smallest absolute Gasteiger partial charge is 0.162 e. The summed E-state index contributed by atoms with van der Waals surface area (Å²) >= 11 is 7.29. The van der Waals surface area contributed by atoms with Crippen LogP contribution in [0.25, 0.3) is 11.3 Å². The van der Waals surface area contributed by atoms with E-state index >= 15 is 0 Å². The Morgan fingerprint density at radius 2 is 2.00 bits per heavy atom. The van der Waals surface area contributed by atoms with E-state index in [0.29, 0.717) is 22.7 Å². The highest BCUT2D eigenvalue weighted by atomic mass is 35.5. The number of alkyl halides is 1. The molecule has 0 bridgehead atoms. The fraction of sp³-hybridized carbons (Fsp3) is 0.370. The molecule has 2 N–H and O–H groups in total. The molecule has 0 radical (unpaired) electrons. The Morgan fingerprint density at radius 1 is 1.26 bits per heavy atom. The van der Waals surface area contributed by atoms with Crippen molar-refractivity contribution in [2.24, 2.45) is 5.73 Å². The molecule has 2 atom stereocenters. The molecule has 0 aliphatic heterocycles. The lowest BCUT2D eigenvalue weighted by Crippen LogP contribution is -2.41. The number of ether oxygens (including phenoxy) is 2. The van der Waals surface area contributed by atoms with E-state index < -0.39 is 5.54 Å². The van der Waals surface area contributed by atoms with Gasteiger partial charge >= 0.3 is 0 Å². The fourth-order valence-electron chi connectivity index (χ4n) is 4.15. The Balaban J connectivity index is 0.00000432. The van der Waals surface area contributed by atoms with Crippen LogP contribution in [0.3, 0.4) is 0 Å². The van der Waals surface area contributed by atoms with E-state index in [0.717, 1.165) is 33.7 Å². The molecule has 35 heavy (non-hydrogen) atoms. The number of aromatic nitrogens is 1. The van der Waals surface area contributed by atoms with Crippen molar-refractivity contribution in [1.29, 1.82) is 0 Å². The predicted molar refractivity (Wildman–Crippen MR) is 145 cm³/mol. The van der Waals surface area contributed by atoms with E-state index in [9.17, 15) is 4.39 Å². The zero-order valence-corrected chi connectivity index (χ0v) is 22.7. The number of benzene rings is 2. The number of hydrogen-bond acceptors (Lipinski definition) is 5. The minimum atomic E-state index is -1.21. The maximum absolute atomic E-state index is 14.8. The van der Waals surface area contributed by atoms with E-state index in [-0.39, 0.29) is 36.8 Å². The Bertz CT molecular complexity index is 1190. The lowest BCUT2D eigenvalue weighted by molar-refractivity contribution is 0.181. The van der Waals surface area contributed by atoms with Crippen molar-refractivity contribution >= 4 is 35.3 Å². The maximum Gasteiger partial charge on any atom is 0.162 e. The van der Waals surface area contributed by atoms with Crippen LogP contribution < -0.4 is 10.5 Å². The number of nitrogens with zero attached hydrogens (tertiary/aromatic N) is 1. The van der Waals surface area contributed by atoms with Gasteiger partial charge in [-0.2, -0.15) is 0 Å². The average molecular weight is 538 g/mol. The molecule has 0 spiro atoms. The van der Waals surface area contributed by atoms with E-state index in [2.05, 4.69) is 12.8 Å². The second-order valence-electron chi connectivity index (χ2n) is 8.32. The van der Waals surface area contributed by atoms with Gasteiger partial charge in [0, 0.05) is 29.0 Å². The number of halogens is 3. The average Bonchev–Trinajstić information content (AvgIpc) is 3.21. The second-order valence-corrected chi connectivity index (χ2v) is 9.74. The number of terminal acetylenes is 1. The van der Waals surface area contributed by atoms with Gasteiger partial charge in [0.2, 0.25) is 0 Å². The van der Waals surface area contributed by atoms with E-state index in [1.54, 1.807) is 6.07 Å². The number of rotatable bonds is 10. The van der Waals surface area contributed by atoms with Gasteiger partial charge in [-0.25, -0.2) is 9.37 Å². The molecule has 0 fully saturated rings. The molecule has 188 valence electrons. The summed E-state index contributed by atoms with van der Waals surface area (Å²) in [5.74, 6) is 2.80. The molecule has 0 amide bonds. The molecule has 0 aliphatic rings. The molecule has 8 heteroatoms. The first-order valence-corrected chi connectivity index (χ1v) is 12.5. The Hall–Kier alpha value is -2.14. The molecule has 1 unspecified atom stereocenters. The van der Waals surface area contributed by atoms with Crippen LogP contribution in [0.15, 0.2) is 36.4 Å². The fourth-order valence-corrected chi connectivity index (χ4v) is 5.31. The SMILES string of the molecule is C#CC(N)(c1nc(-c2cc(C)ccc2OCCl)c(C)s1)[C@@H](CCC)c1ccc(COC)c(F)c1.Cl. The van der Waals surface area contributed by atoms with E-state index in [4.69, 9.17) is 38.2 Å². The zero-order chi connectivity index (χ0) is 24.9. The van der Waals surface area contributed by atoms with Crippen LogP contribution in [-0.4, -0.2) is 18.2 Å². The minimum Gasteiger partial charge on any atom is -0.477 e. The molecule has 3 rings (SSSR count). The number of thiazole rings is 1. The van der Waals surface area contributed by atoms with Crippen molar-refractivity contribution in [3.05, 3.63) is 68.8 Å². The molecular weight excluding hydrogens is 506 g/mol. The largest absolute Gasteiger partial charge is 0.477 e. The summed E-state index contributed by atoms with van der Waals surface area (Å²) in [5.41, 5.74) is 9.61. The summed E-state index contributed by atoms with van der Waals surface area (Å²) in [6.07, 6.45) is 7.57. The standard InChI is InChI=1S/C27H30ClFN2O2S.ClH/c1-6-8-22(19-10-11-20(15-32-5)23(29)14-19)27(30,7-2)26-31-25(18(4)34-26)21-13-17(3)9-12-24(21)33-16-28;/h2,9-14,22H,6,8,15-16,30H2,1,3-5H3;1H/t22-,27?;/m0./s1. The summed E-state index contributed by atoms with van der Waals surface area (Å²) < 4.78 is 25.5. The monoisotopic (exact) mass is 536 g/mol. The van der Waals surface area contributed by atoms with Gasteiger partial charge in [0.15, 0.2) is 6.07 Å². The van der Waals surface area contributed by atoms with Crippen LogP contribution in [0, 0.1) is 32.0 Å². The molecular formula is C27H31Cl2FN2O2S. The summed E-state index contributed by atoms with van der Waals surface area (Å²) in [6.45, 7) is 6.24. The molecule has 3 aromatic rings. The molecule has 1 aromatic heterocycles. The van der Waals surface area contributed by atoms with Crippen LogP contribution in [0.1, 0.15) is 52.3 Å². The van der Waals surface area contributed by atoms with Crippen molar-refractivity contribution in [3.8, 4) is 29.4 Å². The number of aryl methyl sites for hydroxylation is 2. The van der Waals surface area contributed by atoms with Crippen LogP contribution in [0.5, 0.6) is 5.75 Å². The third kappa shape index (κ3) is 6.17. The molecule has 0 saturated carbocycles. The first-order valence-electron chi connectivity index (χ1n) is 11.1. The lowest BCUT2D eigenvalue weighted by Gasteiger charge is -2.32. The third-order valence-electron chi connectivity index (χ3n) is 5.90. The van der Waals surface area contributed by atoms with E-state index in [1.807, 2.05) is 38.1 Å². The number of methoxy groups -OCH3 is 1. The highest BCUT2D eigenvalue weighted by molar-refractivity contribution is 7.12. The molecule has 0 saturated heterocycles. The predicted octanol–water partition coefficient (Wildman–Crippen LogP) is 7.08. The lowest BCUT2D eigenvalue weighted by atomic mass is 9.77. The number of hydrogen-bond donors (Lipinski definition) is 1. The van der Waals surface area contributed by atoms with Gasteiger partial charge in [0.05, 0.1) is 12.3 Å². The summed E-state index contributed by atoms with van der Waals surface area (Å²) in [5, 5.41) is 0.612. The van der Waals surface area contributed by atoms with Gasteiger partial charge in [0.25, 0.3) is 0 Å². The molecule has 2 aromatic carbocycles. The Kier molecular flexibility index (Phi) is 10.6. The van der Waals surface area contributed by atoms with Gasteiger partial charge in [-0.3, -0.25) is 0 Å². The van der Waals surface area contributed by atoms with Gasteiger partial charge in [-0.1, -0.05) is 54.6 Å². The molecule has 1 heterocycles. The van der Waals surface area contributed by atoms with Crippen molar-refractivity contribution in [2.45, 2.75) is 51.7 Å².